The van der Waals surface area contributed by atoms with E-state index in [4.69, 9.17) is 14.2 Å². The highest BCUT2D eigenvalue weighted by molar-refractivity contribution is 5.90. The van der Waals surface area contributed by atoms with Crippen LogP contribution in [0.2, 0.25) is 0 Å². The van der Waals surface area contributed by atoms with E-state index in [9.17, 15) is 4.79 Å². The van der Waals surface area contributed by atoms with E-state index in [1.54, 1.807) is 0 Å². The summed E-state index contributed by atoms with van der Waals surface area (Å²) in [5.41, 5.74) is 1.26. The van der Waals surface area contributed by atoms with Crippen LogP contribution < -0.4 is 0 Å². The minimum atomic E-state index is -0.642. The Kier molecular flexibility index (Phi) is 2.03. The molecule has 3 heterocycles. The molecule has 0 aromatic rings. The minimum Gasteiger partial charge on any atom is -0.458 e. The Morgan fingerprint density at radius 1 is 1.47 bits per heavy atom. The Morgan fingerprint density at radius 2 is 2.32 bits per heavy atom. The molecule has 3 aliphatic heterocycles. The second-order valence-electron chi connectivity index (χ2n) is 5.91. The standard InChI is InChI=1S/C15H16O4/c1-9-11-4-3-10-5-6-14(2)17-8-15(10,19-14)7-12(11)18-13(9)16/h3,5-6,11-12H,1,4,7-8H2,2H3/t11-,12-,14+,15+/m0/s1. The van der Waals surface area contributed by atoms with E-state index in [-0.39, 0.29) is 18.0 Å². The molecule has 0 unspecified atom stereocenters. The van der Waals surface area contributed by atoms with Crippen molar-refractivity contribution in [3.05, 3.63) is 36.0 Å². The third-order valence-electron chi connectivity index (χ3n) is 4.62. The van der Waals surface area contributed by atoms with Gasteiger partial charge in [0.15, 0.2) is 5.79 Å². The van der Waals surface area contributed by atoms with Crippen molar-refractivity contribution in [2.24, 2.45) is 5.92 Å². The van der Waals surface area contributed by atoms with E-state index in [0.717, 1.165) is 12.0 Å². The maximum Gasteiger partial charge on any atom is 0.334 e. The van der Waals surface area contributed by atoms with Crippen LogP contribution in [0.15, 0.2) is 36.0 Å². The van der Waals surface area contributed by atoms with Gasteiger partial charge in [0.25, 0.3) is 0 Å². The highest BCUT2D eigenvalue weighted by Crippen LogP contribution is 2.49. The monoisotopic (exact) mass is 260 g/mol. The number of allylic oxidation sites excluding steroid dienone is 1. The average molecular weight is 260 g/mol. The van der Waals surface area contributed by atoms with Crippen LogP contribution in [0.25, 0.3) is 0 Å². The summed E-state index contributed by atoms with van der Waals surface area (Å²) in [6.07, 6.45) is 7.45. The van der Waals surface area contributed by atoms with Gasteiger partial charge in [-0.15, -0.1) is 0 Å². The largest absolute Gasteiger partial charge is 0.458 e. The Morgan fingerprint density at radius 3 is 3.16 bits per heavy atom. The van der Waals surface area contributed by atoms with E-state index in [2.05, 4.69) is 18.7 Å². The van der Waals surface area contributed by atoms with Crippen LogP contribution in [0.3, 0.4) is 0 Å². The van der Waals surface area contributed by atoms with Gasteiger partial charge >= 0.3 is 5.97 Å². The Bertz CT molecular complexity index is 546. The van der Waals surface area contributed by atoms with Gasteiger partial charge in [-0.25, -0.2) is 4.79 Å². The van der Waals surface area contributed by atoms with Crippen LogP contribution in [-0.4, -0.2) is 30.1 Å². The minimum absolute atomic E-state index is 0.0730. The van der Waals surface area contributed by atoms with Gasteiger partial charge in [0.1, 0.15) is 11.7 Å². The van der Waals surface area contributed by atoms with E-state index < -0.39 is 11.4 Å². The van der Waals surface area contributed by atoms with Crippen molar-refractivity contribution in [1.29, 1.82) is 0 Å². The first kappa shape index (κ1) is 11.4. The van der Waals surface area contributed by atoms with Crippen molar-refractivity contribution < 1.29 is 19.0 Å². The molecular formula is C15H16O4. The predicted molar refractivity (Wildman–Crippen MR) is 67.1 cm³/mol. The zero-order valence-corrected chi connectivity index (χ0v) is 10.8. The molecule has 1 aliphatic carbocycles. The third-order valence-corrected chi connectivity index (χ3v) is 4.62. The van der Waals surface area contributed by atoms with Gasteiger partial charge in [-0.1, -0.05) is 18.7 Å². The van der Waals surface area contributed by atoms with Crippen LogP contribution in [0.4, 0.5) is 0 Å². The Labute approximate surface area is 111 Å². The summed E-state index contributed by atoms with van der Waals surface area (Å²) >= 11 is 0. The van der Waals surface area contributed by atoms with Crippen LogP contribution in [0.5, 0.6) is 0 Å². The van der Waals surface area contributed by atoms with Gasteiger partial charge in [-0.3, -0.25) is 0 Å². The van der Waals surface area contributed by atoms with Crippen molar-refractivity contribution in [1.82, 2.24) is 0 Å². The lowest BCUT2D eigenvalue weighted by molar-refractivity contribution is -0.149. The molecule has 4 rings (SSSR count). The lowest BCUT2D eigenvalue weighted by Gasteiger charge is -2.34. The molecule has 0 N–H and O–H groups in total. The topological polar surface area (TPSA) is 44.8 Å². The number of rotatable bonds is 0. The van der Waals surface area contributed by atoms with E-state index in [0.29, 0.717) is 18.6 Å². The molecule has 0 amide bonds. The molecule has 4 nitrogen and oxygen atoms in total. The lowest BCUT2D eigenvalue weighted by atomic mass is 9.86. The van der Waals surface area contributed by atoms with Crippen molar-refractivity contribution in [2.75, 3.05) is 6.61 Å². The zero-order chi connectivity index (χ0) is 13.3. The molecule has 1 spiro atoms. The highest BCUT2D eigenvalue weighted by Gasteiger charge is 2.55. The van der Waals surface area contributed by atoms with E-state index in [1.807, 2.05) is 13.0 Å². The summed E-state index contributed by atoms with van der Waals surface area (Å²) in [6.45, 7) is 6.28. The van der Waals surface area contributed by atoms with Crippen molar-refractivity contribution in [3.63, 3.8) is 0 Å². The number of esters is 1. The number of hydrogen-bond acceptors (Lipinski definition) is 4. The maximum atomic E-state index is 11.7. The summed E-state index contributed by atoms with van der Waals surface area (Å²) in [4.78, 5) is 11.7. The molecule has 2 fully saturated rings. The first-order chi connectivity index (χ1) is 9.01. The molecule has 0 aromatic heterocycles. The quantitative estimate of drug-likeness (QED) is 0.493. The van der Waals surface area contributed by atoms with Crippen LogP contribution >= 0.6 is 0 Å². The van der Waals surface area contributed by atoms with Crippen molar-refractivity contribution >= 4 is 5.97 Å². The summed E-state index contributed by atoms with van der Waals surface area (Å²) < 4.78 is 17.4. The van der Waals surface area contributed by atoms with Crippen LogP contribution in [-0.2, 0) is 19.0 Å². The molecule has 0 aromatic carbocycles. The molecule has 4 atom stereocenters. The fourth-order valence-electron chi connectivity index (χ4n) is 3.52. The lowest BCUT2D eigenvalue weighted by Crippen LogP contribution is -2.41. The van der Waals surface area contributed by atoms with E-state index >= 15 is 0 Å². The summed E-state index contributed by atoms with van der Waals surface area (Å²) in [5, 5.41) is 0. The molecule has 2 saturated heterocycles. The average Bonchev–Trinajstić information content (AvgIpc) is 2.71. The zero-order valence-electron chi connectivity index (χ0n) is 10.8. The Balaban J connectivity index is 1.75. The molecular weight excluding hydrogens is 244 g/mol. The normalized spacial score (nSPS) is 47.3. The van der Waals surface area contributed by atoms with Crippen molar-refractivity contribution in [3.8, 4) is 0 Å². The number of carbonyl (C=O) groups excluding carboxylic acids is 1. The van der Waals surface area contributed by atoms with Gasteiger partial charge in [0.2, 0.25) is 0 Å². The predicted octanol–water partition coefficient (Wildman–Crippen LogP) is 1.88. The van der Waals surface area contributed by atoms with Crippen molar-refractivity contribution in [2.45, 2.75) is 37.3 Å². The first-order valence-electron chi connectivity index (χ1n) is 6.65. The highest BCUT2D eigenvalue weighted by atomic mass is 16.8. The molecule has 0 saturated carbocycles. The first-order valence-corrected chi connectivity index (χ1v) is 6.65. The second kappa shape index (κ2) is 3.38. The fraction of sp³-hybridized carbons (Fsp3) is 0.533. The van der Waals surface area contributed by atoms with Gasteiger partial charge in [0.05, 0.1) is 6.61 Å². The van der Waals surface area contributed by atoms with Gasteiger partial charge < -0.3 is 14.2 Å². The van der Waals surface area contributed by atoms with Crippen LogP contribution in [0.1, 0.15) is 19.8 Å². The van der Waals surface area contributed by atoms with Gasteiger partial charge in [-0.05, 0) is 25.0 Å². The number of ether oxygens (including phenoxy) is 3. The molecule has 100 valence electrons. The summed E-state index contributed by atoms with van der Waals surface area (Å²) in [6, 6.07) is 0. The smallest absolute Gasteiger partial charge is 0.334 e. The maximum absolute atomic E-state index is 11.7. The van der Waals surface area contributed by atoms with Gasteiger partial charge in [0, 0.05) is 17.9 Å². The summed E-state index contributed by atoms with van der Waals surface area (Å²) in [5.74, 6) is -0.836. The third kappa shape index (κ3) is 1.44. The second-order valence-corrected chi connectivity index (χ2v) is 5.91. The van der Waals surface area contributed by atoms with Gasteiger partial charge in [-0.2, -0.15) is 0 Å². The molecule has 4 aliphatic rings. The van der Waals surface area contributed by atoms with E-state index in [1.165, 1.54) is 0 Å². The van der Waals surface area contributed by atoms with Crippen LogP contribution in [0, 0.1) is 5.92 Å². The molecule has 4 heteroatoms. The number of hydrogen-bond donors (Lipinski definition) is 0. The number of fused-ring (bicyclic) bond motifs is 2. The molecule has 0 radical (unpaired) electrons. The number of carbonyl (C=O) groups is 1. The summed E-state index contributed by atoms with van der Waals surface area (Å²) in [7, 11) is 0. The molecule has 2 bridgehead atoms. The molecule has 19 heavy (non-hydrogen) atoms. The fourth-order valence-corrected chi connectivity index (χ4v) is 3.52. The SMILES string of the molecule is C=C1C(=O)O[C@H]2C[C@@]34CO[C@@](C)(C=CC3=CC[C@@H]12)O4. The Hall–Kier alpha value is -1.39.